The van der Waals surface area contributed by atoms with Crippen LogP contribution in [0.5, 0.6) is 0 Å². The van der Waals surface area contributed by atoms with E-state index in [1.165, 1.54) is 88.7 Å². The molecule has 0 bridgehead atoms. The van der Waals surface area contributed by atoms with E-state index in [0.29, 0.717) is 0 Å². The van der Waals surface area contributed by atoms with Crippen LogP contribution in [-0.4, -0.2) is 0 Å². The third-order valence-corrected chi connectivity index (χ3v) is 15.0. The lowest BCUT2D eigenvalue weighted by atomic mass is 9.52. The molecule has 2 atom stereocenters. The van der Waals surface area contributed by atoms with Gasteiger partial charge in [-0.15, -0.1) is 0 Å². The molecular formula is C63H45N. The SMILES string of the molecule is CC1(C)c2ccccc2-c2ccc(N(c3ccc(C4(c5ccccc5)c5ccccc5C5(c6ccccc6)c6ccccc6-c6cccc4c65)cc3)c3cccc4ccccc34)cc21. The zero-order valence-electron chi connectivity index (χ0n) is 36.0. The van der Waals surface area contributed by atoms with Crippen LogP contribution in [0.2, 0.25) is 0 Å². The van der Waals surface area contributed by atoms with Crippen molar-refractivity contribution < 1.29 is 0 Å². The molecule has 0 aromatic heterocycles. The van der Waals surface area contributed by atoms with Gasteiger partial charge in [-0.3, -0.25) is 0 Å². The van der Waals surface area contributed by atoms with Gasteiger partial charge in [-0.2, -0.15) is 0 Å². The van der Waals surface area contributed by atoms with Crippen molar-refractivity contribution in [3.05, 3.63) is 292 Å². The second-order valence-electron chi connectivity index (χ2n) is 18.3. The van der Waals surface area contributed by atoms with Gasteiger partial charge < -0.3 is 4.90 Å². The maximum atomic E-state index is 2.48. The highest BCUT2D eigenvalue weighted by molar-refractivity contribution is 6.00. The van der Waals surface area contributed by atoms with Crippen molar-refractivity contribution in [3.63, 3.8) is 0 Å². The molecule has 3 aliphatic carbocycles. The van der Waals surface area contributed by atoms with E-state index in [0.717, 1.165) is 17.1 Å². The van der Waals surface area contributed by atoms with Gasteiger partial charge in [0, 0.05) is 22.2 Å². The monoisotopic (exact) mass is 815 g/mol. The van der Waals surface area contributed by atoms with Gasteiger partial charge in [0.15, 0.2) is 0 Å². The fraction of sp³-hybridized carbons (Fsp3) is 0.0794. The molecule has 10 aromatic rings. The molecular weight excluding hydrogens is 771 g/mol. The average molecular weight is 816 g/mol. The van der Waals surface area contributed by atoms with Crippen molar-refractivity contribution in [2.45, 2.75) is 30.1 Å². The zero-order valence-corrected chi connectivity index (χ0v) is 36.0. The summed E-state index contributed by atoms with van der Waals surface area (Å²) in [4.78, 5) is 2.48. The highest BCUT2D eigenvalue weighted by atomic mass is 15.1. The molecule has 2 unspecified atom stereocenters. The standard InChI is InChI=1S/C63H45N/c1-61(2)53-29-13-11-26-49(53)51-40-39-47(41-58(51)61)64(59-34-17-20-42-19-9-10-25-48(42)59)46-37-35-45(36-38-46)62(43-21-5-3-6-22-43)55-31-15-16-32-56(55)63(44-23-7-4-8-24-44)54-30-14-12-27-50(54)52-28-18-33-57(62)60(52)63/h3-41H,1-2H3. The summed E-state index contributed by atoms with van der Waals surface area (Å²) in [5.74, 6) is 0. The van der Waals surface area contributed by atoms with Crippen molar-refractivity contribution in [2.24, 2.45) is 0 Å². The van der Waals surface area contributed by atoms with E-state index in [9.17, 15) is 0 Å². The van der Waals surface area contributed by atoms with Crippen LogP contribution < -0.4 is 4.90 Å². The van der Waals surface area contributed by atoms with Crippen LogP contribution in [0.25, 0.3) is 33.0 Å². The van der Waals surface area contributed by atoms with Crippen LogP contribution in [0.3, 0.4) is 0 Å². The fourth-order valence-electron chi connectivity index (χ4n) is 12.4. The minimum Gasteiger partial charge on any atom is -0.310 e. The Morgan fingerprint density at radius 2 is 0.797 bits per heavy atom. The highest BCUT2D eigenvalue weighted by Crippen LogP contribution is 2.66. The Bertz CT molecular complexity index is 3470. The predicted molar refractivity (Wildman–Crippen MR) is 265 cm³/mol. The molecule has 3 aliphatic rings. The summed E-state index contributed by atoms with van der Waals surface area (Å²) in [5, 5.41) is 2.44. The molecule has 13 rings (SSSR count). The molecule has 0 aliphatic heterocycles. The molecule has 0 saturated carbocycles. The Hall–Kier alpha value is -7.74. The summed E-state index contributed by atoms with van der Waals surface area (Å²) in [7, 11) is 0. The molecule has 302 valence electrons. The predicted octanol–water partition coefficient (Wildman–Crippen LogP) is 15.7. The molecule has 0 radical (unpaired) electrons. The van der Waals surface area contributed by atoms with Gasteiger partial charge in [-0.25, -0.2) is 0 Å². The van der Waals surface area contributed by atoms with Crippen LogP contribution in [0, 0.1) is 0 Å². The molecule has 0 amide bonds. The second kappa shape index (κ2) is 13.6. The number of anilines is 3. The summed E-state index contributed by atoms with van der Waals surface area (Å²) < 4.78 is 0. The van der Waals surface area contributed by atoms with E-state index in [4.69, 9.17) is 0 Å². The highest BCUT2D eigenvalue weighted by Gasteiger charge is 2.57. The third-order valence-electron chi connectivity index (χ3n) is 15.0. The first-order chi connectivity index (χ1) is 31.5. The van der Waals surface area contributed by atoms with Crippen molar-refractivity contribution >= 4 is 27.8 Å². The number of nitrogens with zero attached hydrogens (tertiary/aromatic N) is 1. The molecule has 1 heteroatoms. The minimum atomic E-state index is -0.615. The Morgan fingerprint density at radius 1 is 0.312 bits per heavy atom. The second-order valence-corrected chi connectivity index (χ2v) is 18.3. The maximum Gasteiger partial charge on any atom is 0.0720 e. The molecule has 1 nitrogen and oxygen atoms in total. The lowest BCUT2D eigenvalue weighted by Crippen LogP contribution is -2.44. The first-order valence-electron chi connectivity index (χ1n) is 22.6. The van der Waals surface area contributed by atoms with Crippen LogP contribution in [0.1, 0.15) is 69.5 Å². The molecule has 10 aromatic carbocycles. The van der Waals surface area contributed by atoms with Gasteiger partial charge in [-0.05, 0) is 114 Å². The maximum absolute atomic E-state index is 2.48. The normalized spacial score (nSPS) is 18.1. The van der Waals surface area contributed by atoms with Gasteiger partial charge in [-0.1, -0.05) is 220 Å². The topological polar surface area (TPSA) is 3.24 Å². The first-order valence-corrected chi connectivity index (χ1v) is 22.6. The summed E-state index contributed by atoms with van der Waals surface area (Å²) in [5.41, 5.74) is 20.7. The van der Waals surface area contributed by atoms with Crippen molar-refractivity contribution in [1.82, 2.24) is 0 Å². The van der Waals surface area contributed by atoms with Crippen LogP contribution in [0.4, 0.5) is 17.1 Å². The molecule has 0 saturated heterocycles. The Kier molecular flexibility index (Phi) is 7.85. The number of fused-ring (bicyclic) bond motifs is 9. The number of benzene rings is 10. The Morgan fingerprint density at radius 3 is 1.53 bits per heavy atom. The molecule has 0 N–H and O–H groups in total. The smallest absolute Gasteiger partial charge is 0.0720 e. The molecule has 0 spiro atoms. The summed E-state index contributed by atoms with van der Waals surface area (Å²) in [6.45, 7) is 4.74. The van der Waals surface area contributed by atoms with E-state index in [1.54, 1.807) is 0 Å². The molecule has 64 heavy (non-hydrogen) atoms. The van der Waals surface area contributed by atoms with Crippen molar-refractivity contribution in [2.75, 3.05) is 4.90 Å². The zero-order chi connectivity index (χ0) is 42.6. The van der Waals surface area contributed by atoms with E-state index in [2.05, 4.69) is 255 Å². The van der Waals surface area contributed by atoms with Crippen LogP contribution in [-0.2, 0) is 16.2 Å². The minimum absolute atomic E-state index is 0.128. The summed E-state index contributed by atoms with van der Waals surface area (Å²) >= 11 is 0. The van der Waals surface area contributed by atoms with E-state index in [-0.39, 0.29) is 5.41 Å². The van der Waals surface area contributed by atoms with Gasteiger partial charge >= 0.3 is 0 Å². The van der Waals surface area contributed by atoms with Crippen molar-refractivity contribution in [1.29, 1.82) is 0 Å². The average Bonchev–Trinajstić information content (AvgIpc) is 3.79. The fourth-order valence-corrected chi connectivity index (χ4v) is 12.4. The van der Waals surface area contributed by atoms with Crippen LogP contribution in [0.15, 0.2) is 237 Å². The van der Waals surface area contributed by atoms with Gasteiger partial charge in [0.25, 0.3) is 0 Å². The largest absolute Gasteiger partial charge is 0.310 e. The van der Waals surface area contributed by atoms with E-state index < -0.39 is 10.8 Å². The number of hydrogen-bond donors (Lipinski definition) is 0. The third kappa shape index (κ3) is 4.79. The lowest BCUT2D eigenvalue weighted by Gasteiger charge is -2.49. The molecule has 0 heterocycles. The van der Waals surface area contributed by atoms with Gasteiger partial charge in [0.2, 0.25) is 0 Å². The van der Waals surface area contributed by atoms with Crippen molar-refractivity contribution in [3.8, 4) is 22.3 Å². The van der Waals surface area contributed by atoms with Gasteiger partial charge in [0.05, 0.1) is 16.5 Å². The Balaban J connectivity index is 1.07. The number of rotatable bonds is 6. The summed E-state index contributed by atoms with van der Waals surface area (Å²) in [6, 6.07) is 89.1. The first kappa shape index (κ1) is 36.9. The van der Waals surface area contributed by atoms with Gasteiger partial charge in [0.1, 0.15) is 0 Å². The van der Waals surface area contributed by atoms with Crippen LogP contribution >= 0.6 is 0 Å². The lowest BCUT2D eigenvalue weighted by molar-refractivity contribution is 0.626. The quantitative estimate of drug-likeness (QED) is 0.162. The van der Waals surface area contributed by atoms with E-state index >= 15 is 0 Å². The molecule has 0 fully saturated rings. The van der Waals surface area contributed by atoms with E-state index in [1.807, 2.05) is 0 Å². The Labute approximate surface area is 375 Å². The number of hydrogen-bond acceptors (Lipinski definition) is 1. The summed E-state index contributed by atoms with van der Waals surface area (Å²) in [6.07, 6.45) is 0.